The van der Waals surface area contributed by atoms with Crippen LogP contribution in [0.15, 0.2) is 30.3 Å². The van der Waals surface area contributed by atoms with Gasteiger partial charge in [0.15, 0.2) is 0 Å². The van der Waals surface area contributed by atoms with E-state index in [0.29, 0.717) is 31.7 Å². The van der Waals surface area contributed by atoms with Gasteiger partial charge in [0.05, 0.1) is 17.3 Å². The van der Waals surface area contributed by atoms with Gasteiger partial charge in [-0.25, -0.2) is 4.68 Å². The number of rotatable bonds is 5. The van der Waals surface area contributed by atoms with Crippen LogP contribution in [-0.4, -0.2) is 52.7 Å². The Morgan fingerprint density at radius 2 is 1.96 bits per heavy atom. The van der Waals surface area contributed by atoms with Crippen LogP contribution in [0.5, 0.6) is 0 Å². The molecule has 0 aliphatic carbocycles. The average molecular weight is 406 g/mol. The van der Waals surface area contributed by atoms with E-state index in [0.717, 1.165) is 29.9 Å². The number of aromatic nitrogens is 2. The summed E-state index contributed by atoms with van der Waals surface area (Å²) in [5.74, 6) is -0.215. The molecule has 152 valence electrons. The highest BCUT2D eigenvalue weighted by Crippen LogP contribution is 2.20. The maximum atomic E-state index is 12.9. The number of benzene rings is 1. The minimum absolute atomic E-state index is 0. The van der Waals surface area contributed by atoms with Crippen LogP contribution in [0.2, 0.25) is 0 Å². The highest BCUT2D eigenvalue weighted by atomic mass is 35.5. The molecule has 1 fully saturated rings. The number of nitrogens with two attached hydrogens (primary N) is 1. The van der Waals surface area contributed by atoms with Crippen molar-refractivity contribution in [2.24, 2.45) is 11.7 Å². The van der Waals surface area contributed by atoms with E-state index in [4.69, 9.17) is 5.73 Å². The van der Waals surface area contributed by atoms with Crippen LogP contribution in [-0.2, 0) is 4.79 Å². The summed E-state index contributed by atoms with van der Waals surface area (Å²) >= 11 is 0. The largest absolute Gasteiger partial charge is 0.355 e. The van der Waals surface area contributed by atoms with E-state index >= 15 is 0 Å². The summed E-state index contributed by atoms with van der Waals surface area (Å²) in [4.78, 5) is 26.8. The molecule has 0 radical (unpaired) electrons. The molecule has 1 aliphatic heterocycles. The molecule has 0 bridgehead atoms. The molecule has 3 rings (SSSR count). The highest BCUT2D eigenvalue weighted by molar-refractivity contribution is 5.95. The van der Waals surface area contributed by atoms with E-state index in [2.05, 4.69) is 10.4 Å². The molecule has 1 aliphatic rings. The zero-order chi connectivity index (χ0) is 19.4. The Bertz CT molecular complexity index is 819. The predicted molar refractivity (Wildman–Crippen MR) is 111 cm³/mol. The molecule has 2 heterocycles. The molecule has 1 saturated heterocycles. The van der Waals surface area contributed by atoms with Crippen LogP contribution in [0.25, 0.3) is 5.69 Å². The van der Waals surface area contributed by atoms with Gasteiger partial charge in [-0.1, -0.05) is 0 Å². The Hall–Kier alpha value is -2.38. The zero-order valence-electron chi connectivity index (χ0n) is 16.4. The molecule has 0 saturated carbocycles. The molecule has 1 atom stereocenters. The topological polar surface area (TPSA) is 93.2 Å². The van der Waals surface area contributed by atoms with Crippen molar-refractivity contribution in [2.75, 3.05) is 26.2 Å². The Morgan fingerprint density at radius 1 is 1.25 bits per heavy atom. The first kappa shape index (κ1) is 21.9. The summed E-state index contributed by atoms with van der Waals surface area (Å²) in [6.07, 6.45) is 1.63. The number of hydrogen-bond acceptors (Lipinski definition) is 4. The van der Waals surface area contributed by atoms with Crippen LogP contribution in [0.3, 0.4) is 0 Å². The molecule has 7 nitrogen and oxygen atoms in total. The van der Waals surface area contributed by atoms with Gasteiger partial charge in [-0.15, -0.1) is 12.4 Å². The SMILES string of the molecule is Cc1cc(C)n(-c2ccc(C(=O)N3CCCC(C(=O)NCCN)C3)cc2)n1.Cl. The second-order valence-corrected chi connectivity index (χ2v) is 7.06. The first-order valence-corrected chi connectivity index (χ1v) is 9.40. The number of nitrogens with one attached hydrogen (secondary N) is 1. The smallest absolute Gasteiger partial charge is 0.253 e. The van der Waals surface area contributed by atoms with E-state index in [1.54, 1.807) is 4.90 Å². The van der Waals surface area contributed by atoms with Gasteiger partial charge in [-0.05, 0) is 57.0 Å². The van der Waals surface area contributed by atoms with Crippen LogP contribution in [0.1, 0.15) is 34.6 Å². The lowest BCUT2D eigenvalue weighted by atomic mass is 9.96. The summed E-state index contributed by atoms with van der Waals surface area (Å²) in [6.45, 7) is 5.98. The van der Waals surface area contributed by atoms with E-state index in [-0.39, 0.29) is 30.1 Å². The molecule has 2 amide bonds. The van der Waals surface area contributed by atoms with E-state index < -0.39 is 0 Å². The number of amides is 2. The Morgan fingerprint density at radius 3 is 2.57 bits per heavy atom. The lowest BCUT2D eigenvalue weighted by molar-refractivity contribution is -0.126. The molecular formula is C20H28ClN5O2. The van der Waals surface area contributed by atoms with Gasteiger partial charge in [0.1, 0.15) is 0 Å². The van der Waals surface area contributed by atoms with Crippen LogP contribution >= 0.6 is 12.4 Å². The maximum absolute atomic E-state index is 12.9. The fraction of sp³-hybridized carbons (Fsp3) is 0.450. The molecule has 1 aromatic carbocycles. The number of likely N-dealkylation sites (tertiary alicyclic amines) is 1. The first-order valence-electron chi connectivity index (χ1n) is 9.40. The first-order chi connectivity index (χ1) is 13.0. The monoisotopic (exact) mass is 405 g/mol. The molecule has 1 unspecified atom stereocenters. The van der Waals surface area contributed by atoms with Gasteiger partial charge in [0, 0.05) is 37.4 Å². The molecule has 3 N–H and O–H groups in total. The quantitative estimate of drug-likeness (QED) is 0.793. The van der Waals surface area contributed by atoms with Crippen molar-refractivity contribution in [3.63, 3.8) is 0 Å². The second-order valence-electron chi connectivity index (χ2n) is 7.06. The fourth-order valence-electron chi connectivity index (χ4n) is 3.53. The summed E-state index contributed by atoms with van der Waals surface area (Å²) < 4.78 is 1.86. The number of halogens is 1. The van der Waals surface area contributed by atoms with Crippen LogP contribution in [0.4, 0.5) is 0 Å². The van der Waals surface area contributed by atoms with E-state index in [1.807, 2.05) is 48.9 Å². The lowest BCUT2D eigenvalue weighted by Gasteiger charge is -2.32. The third-order valence-electron chi connectivity index (χ3n) is 4.89. The Balaban J connectivity index is 0.00000280. The maximum Gasteiger partial charge on any atom is 0.253 e. The number of carbonyl (C=O) groups excluding carboxylic acids is 2. The number of nitrogens with zero attached hydrogens (tertiary/aromatic N) is 3. The molecule has 2 aromatic rings. The van der Waals surface area contributed by atoms with Gasteiger partial charge in [0.2, 0.25) is 5.91 Å². The molecule has 0 spiro atoms. The van der Waals surface area contributed by atoms with Gasteiger partial charge in [-0.3, -0.25) is 9.59 Å². The van der Waals surface area contributed by atoms with Crippen molar-refractivity contribution in [2.45, 2.75) is 26.7 Å². The van der Waals surface area contributed by atoms with Gasteiger partial charge in [-0.2, -0.15) is 5.10 Å². The van der Waals surface area contributed by atoms with Gasteiger partial charge >= 0.3 is 0 Å². The second kappa shape index (κ2) is 9.71. The third-order valence-corrected chi connectivity index (χ3v) is 4.89. The van der Waals surface area contributed by atoms with E-state index in [1.165, 1.54) is 0 Å². The van der Waals surface area contributed by atoms with Crippen molar-refractivity contribution < 1.29 is 9.59 Å². The van der Waals surface area contributed by atoms with Crippen molar-refractivity contribution in [1.82, 2.24) is 20.0 Å². The standard InChI is InChI=1S/C20H27N5O2.ClH/c1-14-12-15(2)25(23-14)18-7-5-16(6-8-18)20(27)24-11-3-4-17(13-24)19(26)22-10-9-21;/h5-8,12,17H,3-4,9-11,13,21H2,1-2H3,(H,22,26);1H. The van der Waals surface area contributed by atoms with Crippen molar-refractivity contribution in [1.29, 1.82) is 0 Å². The highest BCUT2D eigenvalue weighted by Gasteiger charge is 2.28. The molecule has 28 heavy (non-hydrogen) atoms. The summed E-state index contributed by atoms with van der Waals surface area (Å²) in [7, 11) is 0. The van der Waals surface area contributed by atoms with Crippen molar-refractivity contribution in [3.05, 3.63) is 47.3 Å². The number of aryl methyl sites for hydroxylation is 2. The van der Waals surface area contributed by atoms with Crippen LogP contribution < -0.4 is 11.1 Å². The molecular weight excluding hydrogens is 378 g/mol. The van der Waals surface area contributed by atoms with Crippen molar-refractivity contribution >= 4 is 24.2 Å². The Labute approximate surface area is 171 Å². The number of piperidine rings is 1. The molecule has 8 heteroatoms. The minimum atomic E-state index is -0.164. The molecule has 1 aromatic heterocycles. The summed E-state index contributed by atoms with van der Waals surface area (Å²) in [6, 6.07) is 9.48. The number of hydrogen-bond donors (Lipinski definition) is 2. The third kappa shape index (κ3) is 4.91. The fourth-order valence-corrected chi connectivity index (χ4v) is 3.53. The van der Waals surface area contributed by atoms with Crippen LogP contribution in [0, 0.1) is 19.8 Å². The van der Waals surface area contributed by atoms with Crippen molar-refractivity contribution in [3.8, 4) is 5.69 Å². The van der Waals surface area contributed by atoms with Gasteiger partial charge < -0.3 is 16.0 Å². The summed E-state index contributed by atoms with van der Waals surface area (Å²) in [5, 5.41) is 7.29. The predicted octanol–water partition coefficient (Wildman–Crippen LogP) is 1.84. The average Bonchev–Trinajstić information content (AvgIpc) is 3.03. The van der Waals surface area contributed by atoms with E-state index in [9.17, 15) is 9.59 Å². The minimum Gasteiger partial charge on any atom is -0.355 e. The normalized spacial score (nSPS) is 16.4. The lowest BCUT2D eigenvalue weighted by Crippen LogP contribution is -2.46. The summed E-state index contributed by atoms with van der Waals surface area (Å²) in [5.41, 5.74) is 9.00. The Kier molecular flexibility index (Phi) is 7.60. The number of carbonyl (C=O) groups is 2. The zero-order valence-corrected chi connectivity index (χ0v) is 17.2. The van der Waals surface area contributed by atoms with Gasteiger partial charge in [0.25, 0.3) is 5.91 Å².